The zero-order valence-electron chi connectivity index (χ0n) is 23.3. The van der Waals surface area contributed by atoms with Gasteiger partial charge >= 0.3 is 0 Å². The van der Waals surface area contributed by atoms with Crippen molar-refractivity contribution in [1.29, 1.82) is 0 Å². The predicted molar refractivity (Wildman–Crippen MR) is 157 cm³/mol. The molecule has 0 bridgehead atoms. The fourth-order valence-electron chi connectivity index (χ4n) is 5.78. The highest BCUT2D eigenvalue weighted by Gasteiger charge is 2.36. The number of carbonyl (C=O) groups excluding carboxylic acids is 1. The number of nitrogens with one attached hydrogen (secondary N) is 1. The van der Waals surface area contributed by atoms with E-state index in [0.29, 0.717) is 60.3 Å². The van der Waals surface area contributed by atoms with Crippen molar-refractivity contribution in [1.82, 2.24) is 30.0 Å². The van der Waals surface area contributed by atoms with E-state index in [0.717, 1.165) is 0 Å². The Morgan fingerprint density at radius 2 is 1.88 bits per heavy atom. The Kier molecular flexibility index (Phi) is 6.82. The van der Waals surface area contributed by atoms with Gasteiger partial charge in [0.25, 0.3) is 0 Å². The molecule has 0 unspecified atom stereocenters. The number of aromatic amines is 1. The number of benzene rings is 2. The zero-order chi connectivity index (χ0) is 29.2. The minimum atomic E-state index is -0.732. The Morgan fingerprint density at radius 3 is 2.59 bits per heavy atom. The molecular weight excluding hydrogens is 550 g/mol. The van der Waals surface area contributed by atoms with Crippen molar-refractivity contribution < 1.29 is 13.6 Å². The minimum absolute atomic E-state index is 0.00118. The van der Waals surface area contributed by atoms with Crippen LogP contribution in [0.3, 0.4) is 0 Å². The lowest BCUT2D eigenvalue weighted by atomic mass is 9.99. The molecule has 0 saturated carbocycles. The average molecular weight is 581 g/mol. The van der Waals surface area contributed by atoms with E-state index in [-0.39, 0.29) is 39.7 Å². The Balaban J connectivity index is 1.54. The van der Waals surface area contributed by atoms with E-state index in [1.807, 2.05) is 32.8 Å². The Bertz CT molecular complexity index is 1680. The third-order valence-electron chi connectivity index (χ3n) is 8.26. The van der Waals surface area contributed by atoms with Crippen LogP contribution in [0.25, 0.3) is 32.9 Å². The number of likely N-dealkylation sites (N-methyl/N-ethyl adjacent to an activating group) is 1. The topological polar surface area (TPSA) is 84.5 Å². The zero-order valence-corrected chi connectivity index (χ0v) is 24.1. The smallest absolute Gasteiger partial charge is 0.246 e. The van der Waals surface area contributed by atoms with Crippen LogP contribution in [-0.2, 0) is 4.79 Å². The Morgan fingerprint density at radius 1 is 1.12 bits per heavy atom. The molecule has 0 radical (unpaired) electrons. The molecule has 12 heteroatoms. The van der Waals surface area contributed by atoms with Gasteiger partial charge in [0.15, 0.2) is 5.82 Å². The molecule has 4 heterocycles. The maximum Gasteiger partial charge on any atom is 0.246 e. The fourth-order valence-corrected chi connectivity index (χ4v) is 6.07. The monoisotopic (exact) mass is 580 g/mol. The Labute approximate surface area is 241 Å². The number of hydrogen-bond acceptors (Lipinski definition) is 7. The summed E-state index contributed by atoms with van der Waals surface area (Å²) < 4.78 is 31.9. The number of piperazine rings is 1. The number of hydrogen-bond donors (Lipinski definition) is 1. The number of amides is 1. The van der Waals surface area contributed by atoms with E-state index in [1.54, 1.807) is 23.2 Å². The molecule has 2 atom stereocenters. The lowest BCUT2D eigenvalue weighted by Crippen LogP contribution is -2.59. The van der Waals surface area contributed by atoms with E-state index < -0.39 is 11.6 Å². The molecule has 0 aliphatic carbocycles. The lowest BCUT2D eigenvalue weighted by molar-refractivity contribution is -0.128. The van der Waals surface area contributed by atoms with Gasteiger partial charge in [-0.1, -0.05) is 18.2 Å². The number of aromatic nitrogens is 4. The van der Waals surface area contributed by atoms with Crippen molar-refractivity contribution in [3.8, 4) is 11.1 Å². The highest BCUT2D eigenvalue weighted by Crippen LogP contribution is 2.42. The summed E-state index contributed by atoms with van der Waals surface area (Å²) in [6.07, 6.45) is 2.87. The average Bonchev–Trinajstić information content (AvgIpc) is 3.38. The highest BCUT2D eigenvalue weighted by atomic mass is 35.5. The van der Waals surface area contributed by atoms with E-state index >= 15 is 8.78 Å². The van der Waals surface area contributed by atoms with Crippen LogP contribution >= 0.6 is 11.6 Å². The second-order valence-electron chi connectivity index (χ2n) is 11.1. The van der Waals surface area contributed by atoms with Gasteiger partial charge in [0, 0.05) is 66.2 Å². The third-order valence-corrected chi connectivity index (χ3v) is 8.56. The van der Waals surface area contributed by atoms with Gasteiger partial charge in [-0.3, -0.25) is 9.89 Å². The summed E-state index contributed by atoms with van der Waals surface area (Å²) in [5.74, 6) is -0.581. The maximum absolute atomic E-state index is 16.6. The van der Waals surface area contributed by atoms with Crippen LogP contribution in [0.5, 0.6) is 0 Å². The molecule has 2 aliphatic heterocycles. The summed E-state index contributed by atoms with van der Waals surface area (Å²) in [6, 6.07) is 4.51. The van der Waals surface area contributed by atoms with Crippen LogP contribution in [0.4, 0.5) is 20.5 Å². The first kappa shape index (κ1) is 27.3. The van der Waals surface area contributed by atoms with Crippen molar-refractivity contribution in [3.05, 3.63) is 53.7 Å². The third kappa shape index (κ3) is 4.47. The Hall–Kier alpha value is -3.83. The lowest BCUT2D eigenvalue weighted by Gasteiger charge is -2.45. The van der Waals surface area contributed by atoms with Crippen molar-refractivity contribution in [2.75, 3.05) is 50.1 Å². The summed E-state index contributed by atoms with van der Waals surface area (Å²) in [7, 11) is 4.03. The molecule has 41 heavy (non-hydrogen) atoms. The standard InChI is InChI=1S/C29H31ClF2N8O/c1-6-22(41)39-11-16(3)40(12-15(39)2)28-19-9-20(30)23(24-21(31)8-7-17-10-33-36-26(17)24)25(32)27(19)34-29(35-28)38-13-18(14-38)37(4)5/h6-10,15-16,18H,1,11-14H2,2-5H3,(H,33,36)/t15-,16+/m1/s1. The molecule has 2 aliphatic rings. The maximum atomic E-state index is 16.6. The van der Waals surface area contributed by atoms with Crippen LogP contribution in [-0.4, -0.2) is 94.3 Å². The van der Waals surface area contributed by atoms with E-state index in [1.165, 1.54) is 12.1 Å². The number of carbonyl (C=O) groups is 1. The van der Waals surface area contributed by atoms with Crippen molar-refractivity contribution in [3.63, 3.8) is 0 Å². The summed E-state index contributed by atoms with van der Waals surface area (Å²) in [5, 5.41) is 7.87. The van der Waals surface area contributed by atoms with Crippen molar-refractivity contribution in [2.45, 2.75) is 32.0 Å². The van der Waals surface area contributed by atoms with Gasteiger partial charge in [-0.05, 0) is 52.2 Å². The van der Waals surface area contributed by atoms with Crippen LogP contribution in [0, 0.1) is 11.6 Å². The van der Waals surface area contributed by atoms with E-state index in [4.69, 9.17) is 16.6 Å². The van der Waals surface area contributed by atoms with Gasteiger partial charge in [-0.25, -0.2) is 13.8 Å². The van der Waals surface area contributed by atoms with Crippen LogP contribution < -0.4 is 9.80 Å². The quantitative estimate of drug-likeness (QED) is 0.349. The fraction of sp³-hybridized carbons (Fsp3) is 0.379. The molecule has 1 amide bonds. The first-order valence-electron chi connectivity index (χ1n) is 13.5. The second-order valence-corrected chi connectivity index (χ2v) is 11.5. The molecule has 9 nitrogen and oxygen atoms in total. The van der Waals surface area contributed by atoms with Gasteiger partial charge in [0.2, 0.25) is 11.9 Å². The van der Waals surface area contributed by atoms with Gasteiger partial charge in [-0.15, -0.1) is 0 Å². The number of halogens is 3. The second kappa shape index (κ2) is 10.2. The number of fused-ring (bicyclic) bond motifs is 2. The molecule has 2 aromatic heterocycles. The minimum Gasteiger partial charge on any atom is -0.349 e. The molecule has 214 valence electrons. The first-order chi connectivity index (χ1) is 19.6. The normalized spacial score (nSPS) is 19.9. The van der Waals surface area contributed by atoms with Crippen molar-refractivity contribution >= 4 is 51.1 Å². The van der Waals surface area contributed by atoms with Gasteiger partial charge in [0.05, 0.1) is 16.7 Å². The molecule has 2 saturated heterocycles. The van der Waals surface area contributed by atoms with Crippen molar-refractivity contribution in [2.24, 2.45) is 0 Å². The van der Waals surface area contributed by atoms with E-state index in [9.17, 15) is 4.79 Å². The van der Waals surface area contributed by atoms with Gasteiger partial charge < -0.3 is 19.6 Å². The van der Waals surface area contributed by atoms with E-state index in [2.05, 4.69) is 31.6 Å². The number of rotatable bonds is 5. The van der Waals surface area contributed by atoms with Gasteiger partial charge in [0.1, 0.15) is 17.2 Å². The summed E-state index contributed by atoms with van der Waals surface area (Å²) >= 11 is 6.74. The SMILES string of the molecule is C=CC(=O)N1C[C@H](C)N(c2nc(N3CC(N(C)C)C3)nc3c(F)c(-c4c(F)ccc5cn[nH]c45)c(Cl)cc23)C[C@H]1C. The predicted octanol–water partition coefficient (Wildman–Crippen LogP) is 4.47. The largest absolute Gasteiger partial charge is 0.349 e. The van der Waals surface area contributed by atoms with Crippen LogP contribution in [0.2, 0.25) is 5.02 Å². The molecule has 2 fully saturated rings. The molecule has 6 rings (SSSR count). The number of anilines is 2. The molecule has 0 spiro atoms. The number of H-pyrrole nitrogens is 1. The van der Waals surface area contributed by atoms with Crippen LogP contribution in [0.15, 0.2) is 37.1 Å². The summed E-state index contributed by atoms with van der Waals surface area (Å²) in [5.41, 5.74) is 0.320. The molecule has 1 N–H and O–H groups in total. The molecule has 2 aromatic carbocycles. The first-order valence-corrected chi connectivity index (χ1v) is 13.9. The molecular formula is C29H31ClF2N8O. The summed E-state index contributed by atoms with van der Waals surface area (Å²) in [4.78, 5) is 30.1. The molecule has 4 aromatic rings. The summed E-state index contributed by atoms with van der Waals surface area (Å²) in [6.45, 7) is 9.88. The highest BCUT2D eigenvalue weighted by molar-refractivity contribution is 6.35. The van der Waals surface area contributed by atoms with Crippen LogP contribution in [0.1, 0.15) is 13.8 Å². The number of nitrogens with zero attached hydrogens (tertiary/aromatic N) is 7. The van der Waals surface area contributed by atoms with Gasteiger partial charge in [-0.2, -0.15) is 10.1 Å².